The Balaban J connectivity index is 3.31. The van der Waals surface area contributed by atoms with Crippen molar-refractivity contribution in [2.45, 2.75) is 117 Å². The molecule has 0 rings (SSSR count). The first kappa shape index (κ1) is 24.9. The van der Waals surface area contributed by atoms with Gasteiger partial charge in [0.05, 0.1) is 12.3 Å². The van der Waals surface area contributed by atoms with Gasteiger partial charge in [0.1, 0.15) is 0 Å². The first-order chi connectivity index (χ1) is 12.5. The molecule has 0 fully saturated rings. The van der Waals surface area contributed by atoms with Gasteiger partial charge < -0.3 is 10.2 Å². The van der Waals surface area contributed by atoms with E-state index in [4.69, 9.17) is 10.2 Å². The third-order valence-corrected chi connectivity index (χ3v) is 5.47. The summed E-state index contributed by atoms with van der Waals surface area (Å²) in [7, 11) is 0. The number of hydrogen-bond acceptors (Lipinski definition) is 2. The molecule has 0 aliphatic heterocycles. The molecule has 0 aromatic rings. The molecule has 0 aliphatic rings. The summed E-state index contributed by atoms with van der Waals surface area (Å²) in [5.74, 6) is -1.83. The van der Waals surface area contributed by atoms with E-state index in [1.54, 1.807) is 0 Å². The van der Waals surface area contributed by atoms with Crippen LogP contribution in [0.3, 0.4) is 0 Å². The van der Waals surface area contributed by atoms with Crippen LogP contribution in [0.15, 0.2) is 0 Å². The highest BCUT2D eigenvalue weighted by Crippen LogP contribution is 2.17. The summed E-state index contributed by atoms with van der Waals surface area (Å²) in [5.41, 5.74) is 0. The Morgan fingerprint density at radius 1 is 0.692 bits per heavy atom. The number of aliphatic carboxylic acids is 2. The Morgan fingerprint density at radius 3 is 1.42 bits per heavy atom. The van der Waals surface area contributed by atoms with Gasteiger partial charge >= 0.3 is 11.9 Å². The fourth-order valence-corrected chi connectivity index (χ4v) is 3.38. The van der Waals surface area contributed by atoms with E-state index in [9.17, 15) is 9.59 Å². The van der Waals surface area contributed by atoms with Gasteiger partial charge in [-0.25, -0.2) is 0 Å². The Bertz CT molecular complexity index is 354. The van der Waals surface area contributed by atoms with Crippen LogP contribution < -0.4 is 0 Å². The van der Waals surface area contributed by atoms with Crippen molar-refractivity contribution in [2.75, 3.05) is 0 Å². The lowest BCUT2D eigenvalue weighted by Gasteiger charge is -2.09. The SMILES string of the molecule is CCC(C)CCCCCCCCCCCCCCC(CC(=O)O)C(=O)O. The van der Waals surface area contributed by atoms with Gasteiger partial charge in [-0.15, -0.1) is 0 Å². The molecule has 2 atom stereocenters. The maximum atomic E-state index is 11.0. The molecule has 4 nitrogen and oxygen atoms in total. The summed E-state index contributed by atoms with van der Waals surface area (Å²) in [4.78, 5) is 21.6. The lowest BCUT2D eigenvalue weighted by atomic mass is 9.97. The van der Waals surface area contributed by atoms with Crippen molar-refractivity contribution in [2.24, 2.45) is 11.8 Å². The molecule has 0 aliphatic carbocycles. The molecule has 0 aromatic heterocycles. The zero-order valence-corrected chi connectivity index (χ0v) is 17.2. The van der Waals surface area contributed by atoms with Crippen LogP contribution in [0.25, 0.3) is 0 Å². The van der Waals surface area contributed by atoms with E-state index < -0.39 is 17.9 Å². The summed E-state index contributed by atoms with van der Waals surface area (Å²) in [6.45, 7) is 4.62. The van der Waals surface area contributed by atoms with Crippen molar-refractivity contribution in [1.82, 2.24) is 0 Å². The Kier molecular flexibility index (Phi) is 16.7. The number of unbranched alkanes of at least 4 members (excludes halogenated alkanes) is 11. The maximum Gasteiger partial charge on any atom is 0.307 e. The second-order valence-corrected chi connectivity index (χ2v) is 7.97. The quantitative estimate of drug-likeness (QED) is 0.249. The predicted octanol–water partition coefficient (Wildman–Crippen LogP) is 6.67. The molecular formula is C22H42O4. The van der Waals surface area contributed by atoms with Crippen LogP contribution in [0.4, 0.5) is 0 Å². The van der Waals surface area contributed by atoms with Crippen molar-refractivity contribution < 1.29 is 19.8 Å². The van der Waals surface area contributed by atoms with Crippen molar-refractivity contribution in [3.63, 3.8) is 0 Å². The lowest BCUT2D eigenvalue weighted by Crippen LogP contribution is -2.17. The molecule has 26 heavy (non-hydrogen) atoms. The summed E-state index contributed by atoms with van der Waals surface area (Å²) < 4.78 is 0. The summed E-state index contributed by atoms with van der Waals surface area (Å²) >= 11 is 0. The molecule has 154 valence electrons. The van der Waals surface area contributed by atoms with Crippen LogP contribution >= 0.6 is 0 Å². The highest BCUT2D eigenvalue weighted by atomic mass is 16.4. The molecule has 0 aromatic carbocycles. The zero-order valence-electron chi connectivity index (χ0n) is 17.2. The fourth-order valence-electron chi connectivity index (χ4n) is 3.38. The number of carboxylic acids is 2. The van der Waals surface area contributed by atoms with E-state index in [1.807, 2.05) is 0 Å². The number of rotatable bonds is 19. The van der Waals surface area contributed by atoms with Gasteiger partial charge in [0.25, 0.3) is 0 Å². The summed E-state index contributed by atoms with van der Waals surface area (Å²) in [6.07, 6.45) is 17.9. The fraction of sp³-hybridized carbons (Fsp3) is 0.909. The third-order valence-electron chi connectivity index (χ3n) is 5.47. The van der Waals surface area contributed by atoms with Crippen molar-refractivity contribution in [3.8, 4) is 0 Å². The van der Waals surface area contributed by atoms with Crippen molar-refractivity contribution in [1.29, 1.82) is 0 Å². The van der Waals surface area contributed by atoms with E-state index in [-0.39, 0.29) is 6.42 Å². The van der Waals surface area contributed by atoms with Gasteiger partial charge in [0, 0.05) is 0 Å². The smallest absolute Gasteiger partial charge is 0.307 e. The molecular weight excluding hydrogens is 328 g/mol. The topological polar surface area (TPSA) is 74.6 Å². The minimum atomic E-state index is -1.02. The van der Waals surface area contributed by atoms with Crippen molar-refractivity contribution in [3.05, 3.63) is 0 Å². The molecule has 0 heterocycles. The van der Waals surface area contributed by atoms with E-state index in [1.165, 1.54) is 70.6 Å². The molecule has 0 saturated heterocycles. The monoisotopic (exact) mass is 370 g/mol. The molecule has 2 N–H and O–H groups in total. The molecule has 0 saturated carbocycles. The Hall–Kier alpha value is -1.06. The van der Waals surface area contributed by atoms with Crippen molar-refractivity contribution >= 4 is 11.9 Å². The largest absolute Gasteiger partial charge is 0.481 e. The van der Waals surface area contributed by atoms with Gasteiger partial charge in [-0.2, -0.15) is 0 Å². The van der Waals surface area contributed by atoms with E-state index >= 15 is 0 Å². The summed E-state index contributed by atoms with van der Waals surface area (Å²) in [6, 6.07) is 0. The van der Waals surface area contributed by atoms with E-state index in [0.717, 1.165) is 25.2 Å². The number of carbonyl (C=O) groups is 2. The van der Waals surface area contributed by atoms with Gasteiger partial charge in [-0.05, 0) is 12.3 Å². The first-order valence-corrected chi connectivity index (χ1v) is 10.9. The van der Waals surface area contributed by atoms with Crippen LogP contribution in [-0.2, 0) is 9.59 Å². The molecule has 0 amide bonds. The van der Waals surface area contributed by atoms with Gasteiger partial charge in [0.15, 0.2) is 0 Å². The van der Waals surface area contributed by atoms with Crippen LogP contribution in [0.5, 0.6) is 0 Å². The molecule has 0 radical (unpaired) electrons. The Labute approximate surface area is 160 Å². The second-order valence-electron chi connectivity index (χ2n) is 7.97. The van der Waals surface area contributed by atoms with E-state index in [2.05, 4.69) is 13.8 Å². The number of hydrogen-bond donors (Lipinski definition) is 2. The van der Waals surface area contributed by atoms with E-state index in [0.29, 0.717) is 6.42 Å². The average molecular weight is 371 g/mol. The summed E-state index contributed by atoms with van der Waals surface area (Å²) in [5, 5.41) is 17.7. The number of carboxylic acid groups (broad SMARTS) is 2. The highest BCUT2D eigenvalue weighted by molar-refractivity contribution is 5.77. The second kappa shape index (κ2) is 17.4. The first-order valence-electron chi connectivity index (χ1n) is 10.9. The van der Waals surface area contributed by atoms with Gasteiger partial charge in [0.2, 0.25) is 0 Å². The minimum absolute atomic E-state index is 0.257. The van der Waals surface area contributed by atoms with Gasteiger partial charge in [-0.3, -0.25) is 9.59 Å². The minimum Gasteiger partial charge on any atom is -0.481 e. The maximum absolute atomic E-state index is 11.0. The highest BCUT2D eigenvalue weighted by Gasteiger charge is 2.20. The third kappa shape index (κ3) is 16.4. The van der Waals surface area contributed by atoms with Crippen LogP contribution in [0, 0.1) is 11.8 Å². The molecule has 0 bridgehead atoms. The van der Waals surface area contributed by atoms with Crippen LogP contribution in [0.1, 0.15) is 117 Å². The molecule has 2 unspecified atom stereocenters. The normalized spacial score (nSPS) is 13.5. The molecule has 0 spiro atoms. The van der Waals surface area contributed by atoms with Crippen LogP contribution in [-0.4, -0.2) is 22.2 Å². The predicted molar refractivity (Wildman–Crippen MR) is 107 cm³/mol. The van der Waals surface area contributed by atoms with Gasteiger partial charge in [-0.1, -0.05) is 104 Å². The zero-order chi connectivity index (χ0) is 19.6. The Morgan fingerprint density at radius 2 is 1.08 bits per heavy atom. The molecule has 4 heteroatoms. The lowest BCUT2D eigenvalue weighted by molar-refractivity contribution is -0.148. The average Bonchev–Trinajstić information content (AvgIpc) is 2.60. The van der Waals surface area contributed by atoms with Crippen LogP contribution in [0.2, 0.25) is 0 Å². The standard InChI is InChI=1S/C22H42O4/c1-3-19(2)16-14-12-10-8-6-4-5-7-9-11-13-15-17-20(22(25)26)18-21(23)24/h19-20H,3-18H2,1-2H3,(H,23,24)(H,25,26).